The molecule has 0 heterocycles. The van der Waals surface area contributed by atoms with Crippen LogP contribution in [0.15, 0.2) is 24.3 Å². The van der Waals surface area contributed by atoms with E-state index in [2.05, 4.69) is 0 Å². The van der Waals surface area contributed by atoms with Crippen LogP contribution in [0.4, 0.5) is 0 Å². The summed E-state index contributed by atoms with van der Waals surface area (Å²) in [5.74, 6) is 0.0170. The summed E-state index contributed by atoms with van der Waals surface area (Å²) in [6, 6.07) is 5.51. The molecule has 0 aliphatic heterocycles. The highest BCUT2D eigenvalue weighted by Crippen LogP contribution is 2.11. The van der Waals surface area contributed by atoms with Gasteiger partial charge in [-0.05, 0) is 31.0 Å². The largest absolute Gasteiger partial charge is 0.494 e. The van der Waals surface area contributed by atoms with Gasteiger partial charge < -0.3 is 9.84 Å². The summed E-state index contributed by atoms with van der Waals surface area (Å²) in [6.07, 6.45) is -0.223. The third-order valence-electron chi connectivity index (χ3n) is 1.38. The van der Waals surface area contributed by atoms with E-state index in [1.807, 2.05) is 0 Å². The fraction of sp³-hybridized carbons (Fsp3) is 0.400. The van der Waals surface area contributed by atoms with Gasteiger partial charge in [-0.3, -0.25) is 0 Å². The molecule has 66 valence electrons. The lowest BCUT2D eigenvalue weighted by molar-refractivity contribution is 0.299. The minimum absolute atomic E-state index is 0.0170. The Bertz CT molecular complexity index is 419. The average molecular weight is 173 g/mol. The van der Waals surface area contributed by atoms with E-state index in [4.69, 9.17) is 19.4 Å². The number of aryl methyl sites for hydroxylation is 1. The Kier molecular flexibility index (Phi) is 1.35. The second kappa shape index (κ2) is 4.78. The molecule has 0 radical (unpaired) electrons. The van der Waals surface area contributed by atoms with Gasteiger partial charge in [0.25, 0.3) is 0 Å². The van der Waals surface area contributed by atoms with Crippen LogP contribution in [-0.4, -0.2) is 18.2 Å². The van der Waals surface area contributed by atoms with E-state index in [1.54, 1.807) is 0 Å². The molecule has 1 N–H and O–H groups in total. The summed E-state index contributed by atoms with van der Waals surface area (Å²) in [6.45, 7) is -8.05. The number of hydrogen-bond acceptors (Lipinski definition) is 2. The van der Waals surface area contributed by atoms with Crippen molar-refractivity contribution in [3.63, 3.8) is 0 Å². The van der Waals surface area contributed by atoms with Crippen molar-refractivity contribution in [1.29, 1.82) is 0 Å². The zero-order valence-electron chi connectivity index (χ0n) is 13.4. The van der Waals surface area contributed by atoms with Crippen molar-refractivity contribution in [1.82, 2.24) is 0 Å². The molecule has 0 fully saturated rings. The molecule has 1 aromatic carbocycles. The maximum Gasteiger partial charge on any atom is 0.119 e. The van der Waals surface area contributed by atoms with Crippen LogP contribution in [0.25, 0.3) is 0 Å². The predicted molar refractivity (Wildman–Crippen MR) is 48.4 cm³/mol. The lowest BCUT2D eigenvalue weighted by Crippen LogP contribution is -1.93. The molecule has 0 saturated heterocycles. The predicted octanol–water partition coefficient (Wildman–Crippen LogP) is 1.62. The Labute approximate surface area is 82.6 Å². The minimum atomic E-state index is -2.91. The fourth-order valence-corrected chi connectivity index (χ4v) is 0.826. The first-order chi connectivity index (χ1) is 8.41. The second-order valence-electron chi connectivity index (χ2n) is 2.18. The smallest absolute Gasteiger partial charge is 0.119 e. The van der Waals surface area contributed by atoms with E-state index >= 15 is 0 Å². The molecule has 2 nitrogen and oxygen atoms in total. The highest BCUT2D eigenvalue weighted by Gasteiger charge is 1.93. The van der Waals surface area contributed by atoms with Crippen molar-refractivity contribution in [2.45, 2.75) is 13.3 Å². The third kappa shape index (κ3) is 2.55. The van der Waals surface area contributed by atoms with Gasteiger partial charge >= 0.3 is 0 Å². The van der Waals surface area contributed by atoms with Crippen molar-refractivity contribution in [3.05, 3.63) is 29.8 Å². The summed E-state index contributed by atoms with van der Waals surface area (Å²) in [7, 11) is 0. The van der Waals surface area contributed by atoms with Crippen LogP contribution in [-0.2, 0) is 6.42 Å². The molecule has 0 amide bonds. The van der Waals surface area contributed by atoms with Gasteiger partial charge in [0.1, 0.15) is 5.75 Å². The summed E-state index contributed by atoms with van der Waals surface area (Å²) >= 11 is 0. The summed E-state index contributed by atoms with van der Waals surface area (Å²) in [5, 5.41) is 9.00. The summed E-state index contributed by atoms with van der Waals surface area (Å²) in [5.41, 5.74) is 0.481. The summed E-state index contributed by atoms with van der Waals surface area (Å²) in [4.78, 5) is 0. The fourth-order valence-electron chi connectivity index (χ4n) is 0.826. The van der Waals surface area contributed by atoms with Crippen LogP contribution >= 0.6 is 0 Å². The number of rotatable bonds is 4. The third-order valence-corrected chi connectivity index (χ3v) is 1.38. The van der Waals surface area contributed by atoms with Crippen molar-refractivity contribution in [3.8, 4) is 5.75 Å². The molecule has 0 aliphatic rings. The Morgan fingerprint density at radius 3 is 2.83 bits per heavy atom. The lowest BCUT2D eigenvalue weighted by Gasteiger charge is -2.03. The van der Waals surface area contributed by atoms with Gasteiger partial charge in [0, 0.05) is 10.7 Å². The quantitative estimate of drug-likeness (QED) is 0.749. The van der Waals surface area contributed by atoms with Gasteiger partial charge in [-0.2, -0.15) is 0 Å². The highest BCUT2D eigenvalue weighted by atomic mass is 16.5. The highest BCUT2D eigenvalue weighted by molar-refractivity contribution is 5.27. The van der Waals surface area contributed by atoms with Crippen LogP contribution in [0.5, 0.6) is 5.75 Å². The van der Waals surface area contributed by atoms with Gasteiger partial charge in [-0.1, -0.05) is 12.1 Å². The van der Waals surface area contributed by atoms with Gasteiger partial charge in [0.05, 0.1) is 12.0 Å². The first-order valence-electron chi connectivity index (χ1n) is 6.91. The Hall–Kier alpha value is -1.02. The van der Waals surface area contributed by atoms with Crippen LogP contribution in [0.2, 0.25) is 0 Å². The molecule has 0 aliphatic carbocycles. The number of aliphatic hydroxyl groups is 1. The van der Waals surface area contributed by atoms with E-state index in [0.717, 1.165) is 0 Å². The molecule has 0 spiro atoms. The molecule has 12 heavy (non-hydrogen) atoms. The van der Waals surface area contributed by atoms with Crippen molar-refractivity contribution >= 4 is 0 Å². The van der Waals surface area contributed by atoms with E-state index in [9.17, 15) is 0 Å². The molecular formula is C10H14O2. The average Bonchev–Trinajstić information content (AvgIpc) is 2.16. The zero-order chi connectivity index (χ0) is 14.9. The van der Waals surface area contributed by atoms with E-state index < -0.39 is 20.0 Å². The van der Waals surface area contributed by atoms with Crippen LogP contribution < -0.4 is 4.74 Å². The van der Waals surface area contributed by atoms with Gasteiger partial charge in [0.15, 0.2) is 0 Å². The van der Waals surface area contributed by atoms with Gasteiger partial charge in [-0.25, -0.2) is 0 Å². The van der Waals surface area contributed by atoms with Crippen molar-refractivity contribution in [2.75, 3.05) is 13.1 Å². The molecular weight excluding hydrogens is 152 g/mol. The zero-order valence-corrected chi connectivity index (χ0v) is 6.37. The first-order valence-corrected chi connectivity index (χ1v) is 3.41. The van der Waals surface area contributed by atoms with Crippen LogP contribution in [0, 0.1) is 0 Å². The molecule has 1 aromatic rings. The van der Waals surface area contributed by atoms with Crippen LogP contribution in [0.3, 0.4) is 0 Å². The Balaban J connectivity index is 2.78. The Morgan fingerprint density at radius 1 is 1.50 bits per heavy atom. The number of hydrogen-bond donors (Lipinski definition) is 1. The molecule has 0 atom stereocenters. The van der Waals surface area contributed by atoms with Gasteiger partial charge in [-0.15, -0.1) is 0 Å². The molecule has 2 heteroatoms. The molecule has 0 unspecified atom stereocenters. The molecule has 1 rings (SSSR count). The lowest BCUT2D eigenvalue weighted by atomic mass is 10.1. The van der Waals surface area contributed by atoms with E-state index in [0.29, 0.717) is 5.56 Å². The topological polar surface area (TPSA) is 29.5 Å². The molecule has 0 saturated carbocycles. The van der Waals surface area contributed by atoms with Crippen molar-refractivity contribution < 1.29 is 19.4 Å². The van der Waals surface area contributed by atoms with Gasteiger partial charge in [0.2, 0.25) is 0 Å². The second-order valence-corrected chi connectivity index (χ2v) is 2.18. The first kappa shape index (κ1) is 3.38. The van der Waals surface area contributed by atoms with E-state index in [1.165, 1.54) is 24.3 Å². The maximum atomic E-state index is 9.00. The van der Waals surface area contributed by atoms with E-state index in [-0.39, 0.29) is 12.2 Å². The normalized spacial score (nSPS) is 21.9. The standard InChI is InChI=1S/C10H14O2/c1-2-12-10-5-3-9(4-6-10)7-8-11/h3-6,11H,2,7-8H2,1H3/i1D3,2D2,8D2. The minimum Gasteiger partial charge on any atom is -0.494 e. The number of ether oxygens (including phenoxy) is 1. The molecule has 0 bridgehead atoms. The maximum absolute atomic E-state index is 9.00. The van der Waals surface area contributed by atoms with Crippen LogP contribution in [0.1, 0.15) is 22.0 Å². The summed E-state index contributed by atoms with van der Waals surface area (Å²) < 4.78 is 54.4. The SMILES string of the molecule is [2H]C([2H])(O)Cc1ccc(OC([2H])([2H])C([2H])([2H])[2H])cc1. The molecule has 0 aromatic heterocycles. The Morgan fingerprint density at radius 2 is 2.25 bits per heavy atom. The number of benzene rings is 1. The monoisotopic (exact) mass is 173 g/mol. The van der Waals surface area contributed by atoms with Crippen molar-refractivity contribution in [2.24, 2.45) is 0 Å².